The lowest BCUT2D eigenvalue weighted by atomic mass is 10.0. The Balaban J connectivity index is 2.07. The topological polar surface area (TPSA) is 54.7 Å². The minimum Gasteiger partial charge on any atom is -0.506 e. The molecule has 1 aromatic heterocycles. The van der Waals surface area contributed by atoms with Crippen LogP contribution in [0.4, 0.5) is 0 Å². The van der Waals surface area contributed by atoms with Crippen LogP contribution in [0.5, 0.6) is 5.75 Å². The first kappa shape index (κ1) is 25.4. The third kappa shape index (κ3) is 5.27. The van der Waals surface area contributed by atoms with Gasteiger partial charge in [0.15, 0.2) is 0 Å². The highest BCUT2D eigenvalue weighted by atomic mass is 79.9. The number of halogens is 1. The number of aryl methyl sites for hydroxylation is 1. The van der Waals surface area contributed by atoms with Crippen molar-refractivity contribution in [2.24, 2.45) is 0 Å². The average Bonchev–Trinajstić information content (AvgIpc) is 3.15. The van der Waals surface area contributed by atoms with Gasteiger partial charge in [-0.05, 0) is 74.2 Å². The number of aromatic nitrogens is 1. The summed E-state index contributed by atoms with van der Waals surface area (Å²) >= 11 is 5.21. The van der Waals surface area contributed by atoms with Crippen molar-refractivity contribution < 1.29 is 14.6 Å². The molecule has 0 saturated carbocycles. The lowest BCUT2D eigenvalue weighted by Crippen LogP contribution is -2.13. The molecular weight excluding hydrogens is 524 g/mol. The van der Waals surface area contributed by atoms with Crippen molar-refractivity contribution in [1.29, 1.82) is 0 Å². The zero-order valence-electron chi connectivity index (χ0n) is 20.3. The van der Waals surface area contributed by atoms with Gasteiger partial charge in [0.05, 0.1) is 22.2 Å². The van der Waals surface area contributed by atoms with Gasteiger partial charge in [-0.3, -0.25) is 0 Å². The number of ether oxygens (including phenoxy) is 1. The lowest BCUT2D eigenvalue weighted by Gasteiger charge is -2.15. The third-order valence-electron chi connectivity index (χ3n) is 5.75. The summed E-state index contributed by atoms with van der Waals surface area (Å²) in [5.41, 5.74) is 5.00. The first-order valence-electron chi connectivity index (χ1n) is 11.5. The lowest BCUT2D eigenvalue weighted by molar-refractivity contribution is 0.0527. The molecule has 0 aliphatic carbocycles. The molecule has 0 saturated heterocycles. The molecule has 0 spiro atoms. The number of phenols is 1. The van der Waals surface area contributed by atoms with Gasteiger partial charge < -0.3 is 19.3 Å². The Hall–Kier alpha value is -2.74. The van der Waals surface area contributed by atoms with Gasteiger partial charge in [-0.1, -0.05) is 35.9 Å². The molecular formula is C28H29BrN2O3S. The van der Waals surface area contributed by atoms with Crippen LogP contribution < -0.4 is 0 Å². The van der Waals surface area contributed by atoms with Crippen LogP contribution in [-0.2, 0) is 17.0 Å². The first-order valence-corrected chi connectivity index (χ1v) is 13.2. The molecule has 7 heteroatoms. The SMILES string of the molecule is CCOC(=O)c1c(CSc2ccccc2)n(-c2ccc(C)cc2)c2cc(Br)c(O)c(CN(C)C)c12. The second-order valence-corrected chi connectivity index (χ2v) is 10.5. The van der Waals surface area contributed by atoms with Crippen molar-refractivity contribution in [3.05, 3.63) is 87.5 Å². The van der Waals surface area contributed by atoms with Crippen molar-refractivity contribution in [1.82, 2.24) is 9.47 Å². The largest absolute Gasteiger partial charge is 0.506 e. The number of aromatic hydroxyl groups is 1. The van der Waals surface area contributed by atoms with Crippen LogP contribution >= 0.6 is 27.7 Å². The molecule has 0 aliphatic heterocycles. The summed E-state index contributed by atoms with van der Waals surface area (Å²) in [7, 11) is 3.89. The summed E-state index contributed by atoms with van der Waals surface area (Å²) in [6, 6.07) is 20.3. The fourth-order valence-corrected chi connectivity index (χ4v) is 5.60. The fourth-order valence-electron chi connectivity index (χ4n) is 4.22. The summed E-state index contributed by atoms with van der Waals surface area (Å²) in [5, 5.41) is 11.8. The Morgan fingerprint density at radius 1 is 1.11 bits per heavy atom. The maximum absolute atomic E-state index is 13.5. The molecule has 35 heavy (non-hydrogen) atoms. The summed E-state index contributed by atoms with van der Waals surface area (Å²) in [6.07, 6.45) is 0. The highest BCUT2D eigenvalue weighted by Crippen LogP contribution is 2.42. The number of esters is 1. The van der Waals surface area contributed by atoms with Crippen LogP contribution in [0.3, 0.4) is 0 Å². The van der Waals surface area contributed by atoms with Crippen LogP contribution in [0, 0.1) is 6.92 Å². The van der Waals surface area contributed by atoms with Crippen molar-refractivity contribution >= 4 is 44.6 Å². The van der Waals surface area contributed by atoms with E-state index in [1.807, 2.05) is 50.2 Å². The molecule has 1 N–H and O–H groups in total. The number of carbonyl (C=O) groups excluding carboxylic acids is 1. The zero-order valence-corrected chi connectivity index (χ0v) is 22.7. The van der Waals surface area contributed by atoms with Gasteiger partial charge in [-0.2, -0.15) is 0 Å². The number of phenolic OH excluding ortho intramolecular Hbond substituents is 1. The monoisotopic (exact) mass is 552 g/mol. The standard InChI is InChI=1S/C28H29BrN2O3S/c1-5-34-28(33)26-24(17-35-20-9-7-6-8-10-20)31(19-13-11-18(2)12-14-19)23-15-22(29)27(32)21(25(23)26)16-30(3)4/h6-15,32H,5,16-17H2,1-4H3. The van der Waals surface area contributed by atoms with Gasteiger partial charge in [-0.25, -0.2) is 4.79 Å². The number of fused-ring (bicyclic) bond motifs is 1. The molecule has 182 valence electrons. The summed E-state index contributed by atoms with van der Waals surface area (Å²) in [5.74, 6) is 0.314. The van der Waals surface area contributed by atoms with E-state index in [4.69, 9.17) is 4.74 Å². The van der Waals surface area contributed by atoms with Gasteiger partial charge >= 0.3 is 5.97 Å². The molecule has 1 heterocycles. The molecule has 0 radical (unpaired) electrons. The Labute approximate surface area is 218 Å². The quantitative estimate of drug-likeness (QED) is 0.189. The molecule has 0 atom stereocenters. The molecule has 0 fully saturated rings. The minimum absolute atomic E-state index is 0.139. The Morgan fingerprint density at radius 2 is 1.80 bits per heavy atom. The van der Waals surface area contributed by atoms with E-state index in [-0.39, 0.29) is 18.3 Å². The Morgan fingerprint density at radius 3 is 2.43 bits per heavy atom. The van der Waals surface area contributed by atoms with Crippen LogP contribution in [0.1, 0.15) is 34.1 Å². The van der Waals surface area contributed by atoms with Crippen molar-refractivity contribution in [3.63, 3.8) is 0 Å². The van der Waals surface area contributed by atoms with Crippen LogP contribution in [0.25, 0.3) is 16.6 Å². The van der Waals surface area contributed by atoms with Gasteiger partial charge in [0, 0.05) is 39.5 Å². The number of nitrogens with zero attached hydrogens (tertiary/aromatic N) is 2. The van der Waals surface area contributed by atoms with E-state index in [0.717, 1.165) is 32.7 Å². The third-order valence-corrected chi connectivity index (χ3v) is 7.38. The Kier molecular flexibility index (Phi) is 7.89. The normalized spacial score (nSPS) is 11.4. The summed E-state index contributed by atoms with van der Waals surface area (Å²) < 4.78 is 8.27. The number of rotatable bonds is 8. The molecule has 4 rings (SSSR count). The van der Waals surface area contributed by atoms with E-state index in [2.05, 4.69) is 63.8 Å². The van der Waals surface area contributed by atoms with Gasteiger partial charge in [0.1, 0.15) is 5.75 Å². The average molecular weight is 554 g/mol. The Bertz CT molecular complexity index is 1350. The molecule has 0 bridgehead atoms. The van der Waals surface area contributed by atoms with Gasteiger partial charge in [0.2, 0.25) is 0 Å². The van der Waals surface area contributed by atoms with Gasteiger partial charge in [-0.15, -0.1) is 11.8 Å². The number of thioether (sulfide) groups is 1. The molecule has 5 nitrogen and oxygen atoms in total. The van der Waals surface area contributed by atoms with Crippen LogP contribution in [0.2, 0.25) is 0 Å². The minimum atomic E-state index is -0.381. The number of hydrogen-bond acceptors (Lipinski definition) is 5. The van der Waals surface area contributed by atoms with E-state index >= 15 is 0 Å². The second-order valence-electron chi connectivity index (χ2n) is 8.63. The number of carbonyl (C=O) groups is 1. The van der Waals surface area contributed by atoms with E-state index in [9.17, 15) is 9.90 Å². The van der Waals surface area contributed by atoms with E-state index in [1.165, 1.54) is 0 Å². The van der Waals surface area contributed by atoms with Crippen molar-refractivity contribution in [2.75, 3.05) is 20.7 Å². The number of benzene rings is 3. The molecule has 0 unspecified atom stereocenters. The molecule has 3 aromatic carbocycles. The van der Waals surface area contributed by atoms with Crippen LogP contribution in [-0.4, -0.2) is 41.2 Å². The summed E-state index contributed by atoms with van der Waals surface area (Å²) in [4.78, 5) is 16.6. The second kappa shape index (κ2) is 10.9. The molecule has 4 aromatic rings. The highest BCUT2D eigenvalue weighted by Gasteiger charge is 2.29. The molecule has 0 aliphatic rings. The van der Waals surface area contributed by atoms with Crippen LogP contribution in [0.15, 0.2) is 70.0 Å². The predicted molar refractivity (Wildman–Crippen MR) is 147 cm³/mol. The first-order chi connectivity index (χ1) is 16.8. The highest BCUT2D eigenvalue weighted by molar-refractivity contribution is 9.10. The maximum atomic E-state index is 13.5. The van der Waals surface area contributed by atoms with Crippen molar-refractivity contribution in [2.45, 2.75) is 31.0 Å². The van der Waals surface area contributed by atoms with Crippen molar-refractivity contribution in [3.8, 4) is 11.4 Å². The van der Waals surface area contributed by atoms with E-state index in [0.29, 0.717) is 27.9 Å². The molecule has 0 amide bonds. The van der Waals surface area contributed by atoms with E-state index < -0.39 is 0 Å². The van der Waals surface area contributed by atoms with Gasteiger partial charge in [0.25, 0.3) is 0 Å². The van der Waals surface area contributed by atoms with E-state index in [1.54, 1.807) is 11.8 Å². The smallest absolute Gasteiger partial charge is 0.340 e. The predicted octanol–water partition coefficient (Wildman–Crippen LogP) is 6.94. The zero-order chi connectivity index (χ0) is 25.1. The maximum Gasteiger partial charge on any atom is 0.340 e. The number of hydrogen-bond donors (Lipinski definition) is 1. The summed E-state index contributed by atoms with van der Waals surface area (Å²) in [6.45, 7) is 4.60. The fraction of sp³-hybridized carbons (Fsp3) is 0.250.